The molecule has 8 bridgehead atoms. The summed E-state index contributed by atoms with van der Waals surface area (Å²) in [5, 5.41) is 15.0. The first-order valence-electron chi connectivity index (χ1n) is 23.1. The molecule has 0 amide bonds. The van der Waals surface area contributed by atoms with E-state index in [9.17, 15) is 0 Å². The van der Waals surface area contributed by atoms with Crippen molar-refractivity contribution in [1.82, 2.24) is 59.8 Å². The van der Waals surface area contributed by atoms with Crippen molar-refractivity contribution in [2.24, 2.45) is 0 Å². The number of aromatic nitrogens is 12. The van der Waals surface area contributed by atoms with Gasteiger partial charge in [0.15, 0.2) is 0 Å². The summed E-state index contributed by atoms with van der Waals surface area (Å²) in [5.41, 5.74) is 15.8. The summed E-state index contributed by atoms with van der Waals surface area (Å²) in [6, 6.07) is 48.1. The molecule has 1 aliphatic heterocycles. The number of hydrogen-bond donors (Lipinski definition) is 5. The molecule has 70 heavy (non-hydrogen) atoms. The standard InChI is InChI=1S/C57H42N12O/c1-2-4-43-41(3-1)42-23-31-61-52(57(42)66-43)24-32-69-33-39(67-68-69)34-70-40-7-5-35(6-8-40)53-44-9-11-46(62-44)54(36-17-25-58-26-18-36)48-13-15-50(64-48)56(38-21-29-60-30-22-38)51-16-14-49(65-51)55(37-19-27-59-28-20-37)47-12-10-45(53)63-47/h1-23,25-31,33,62-66H,24,32,34H2. The SMILES string of the molecule is c1ccc2c(c1)[nH]c1c(CCn3cc(COc4ccc(C5=c6ccc([nH]6)=C(c6ccncc6)c6ccc([nH]6)C(c6ccncc6)=c6ccc([nH]6)=C(c6ccncc6)c6ccc5[nH]6)cc4)nn3)nccc12. The van der Waals surface area contributed by atoms with E-state index in [4.69, 9.17) is 9.72 Å². The predicted molar refractivity (Wildman–Crippen MR) is 269 cm³/mol. The van der Waals surface area contributed by atoms with Crippen molar-refractivity contribution in [3.8, 4) is 5.75 Å². The van der Waals surface area contributed by atoms with Crippen molar-refractivity contribution >= 4 is 44.1 Å². The van der Waals surface area contributed by atoms with Crippen LogP contribution in [0, 0.1) is 0 Å². The first-order valence-corrected chi connectivity index (χ1v) is 23.1. The third-order valence-electron chi connectivity index (χ3n) is 13.0. The Bertz CT molecular complexity index is 4120. The van der Waals surface area contributed by atoms with E-state index in [0.29, 0.717) is 13.0 Å². The summed E-state index contributed by atoms with van der Waals surface area (Å²) in [4.78, 5) is 36.7. The molecule has 2 aromatic carbocycles. The van der Waals surface area contributed by atoms with Gasteiger partial charge in [-0.3, -0.25) is 24.6 Å². The van der Waals surface area contributed by atoms with Crippen LogP contribution < -0.4 is 26.1 Å². The van der Waals surface area contributed by atoms with Gasteiger partial charge in [0, 0.05) is 139 Å². The highest BCUT2D eigenvalue weighted by Crippen LogP contribution is 2.30. The number of pyridine rings is 4. The molecule has 0 unspecified atom stereocenters. The van der Waals surface area contributed by atoms with E-state index < -0.39 is 0 Å². The number of hydrogen-bond acceptors (Lipinski definition) is 7. The number of nitrogens with one attached hydrogen (secondary N) is 5. The molecule has 13 rings (SSSR count). The second-order valence-electron chi connectivity index (χ2n) is 17.2. The average Bonchev–Trinajstić information content (AvgIpc) is 4.29. The maximum absolute atomic E-state index is 6.32. The fraction of sp³-hybridized carbons (Fsp3) is 0.0526. The van der Waals surface area contributed by atoms with Crippen LogP contribution in [0.25, 0.3) is 44.1 Å². The van der Waals surface area contributed by atoms with Crippen LogP contribution in [-0.2, 0) is 19.6 Å². The maximum atomic E-state index is 6.32. The molecule has 1 aliphatic rings. The van der Waals surface area contributed by atoms with Crippen LogP contribution in [0.5, 0.6) is 5.75 Å². The highest BCUT2D eigenvalue weighted by molar-refractivity contribution is 6.07. The molecule has 336 valence electrons. The number of nitrogens with zero attached hydrogens (tertiary/aromatic N) is 7. The second-order valence-corrected chi connectivity index (χ2v) is 17.2. The molecular formula is C57H42N12O. The third kappa shape index (κ3) is 7.47. The van der Waals surface area contributed by atoms with Crippen molar-refractivity contribution in [2.75, 3.05) is 0 Å². The molecule has 0 aliphatic carbocycles. The maximum Gasteiger partial charge on any atom is 0.134 e. The monoisotopic (exact) mass is 910 g/mol. The van der Waals surface area contributed by atoms with Crippen molar-refractivity contribution in [1.29, 1.82) is 0 Å². The lowest BCUT2D eigenvalue weighted by Gasteiger charge is -2.10. The van der Waals surface area contributed by atoms with Gasteiger partial charge in [0.25, 0.3) is 0 Å². The van der Waals surface area contributed by atoms with Crippen LogP contribution in [0.1, 0.15) is 56.4 Å². The zero-order valence-electron chi connectivity index (χ0n) is 37.6. The van der Waals surface area contributed by atoms with Crippen molar-refractivity contribution < 1.29 is 4.74 Å². The minimum atomic E-state index is 0.274. The van der Waals surface area contributed by atoms with E-state index in [1.54, 1.807) is 0 Å². The molecule has 13 nitrogen and oxygen atoms in total. The topological polar surface area (TPSA) is 170 Å². The largest absolute Gasteiger partial charge is 0.487 e. The van der Waals surface area contributed by atoms with E-state index in [2.05, 4.69) is 135 Å². The number of H-pyrrole nitrogens is 5. The zero-order chi connectivity index (χ0) is 46.4. The lowest BCUT2D eigenvalue weighted by atomic mass is 10.0. The Morgan fingerprint density at radius 2 is 0.943 bits per heavy atom. The summed E-state index contributed by atoms with van der Waals surface area (Å²) < 4.78 is 8.17. The van der Waals surface area contributed by atoms with E-state index in [-0.39, 0.29) is 6.61 Å². The fourth-order valence-electron chi connectivity index (χ4n) is 9.76. The van der Waals surface area contributed by atoms with Gasteiger partial charge in [-0.25, -0.2) is 0 Å². The van der Waals surface area contributed by atoms with E-state index >= 15 is 0 Å². The molecule has 0 atom stereocenters. The third-order valence-corrected chi connectivity index (χ3v) is 13.0. The minimum Gasteiger partial charge on any atom is -0.487 e. The Morgan fingerprint density at radius 1 is 0.443 bits per heavy atom. The summed E-state index contributed by atoms with van der Waals surface area (Å²) in [7, 11) is 0. The Hall–Kier alpha value is -9.62. The predicted octanol–water partition coefficient (Wildman–Crippen LogP) is 6.93. The van der Waals surface area contributed by atoms with Gasteiger partial charge >= 0.3 is 0 Å². The molecule has 0 saturated carbocycles. The number of aromatic amines is 5. The highest BCUT2D eigenvalue weighted by atomic mass is 16.5. The zero-order valence-corrected chi connectivity index (χ0v) is 37.6. The van der Waals surface area contributed by atoms with Crippen molar-refractivity contribution in [3.63, 3.8) is 0 Å². The Balaban J connectivity index is 0.872. The number of benzene rings is 2. The van der Waals surface area contributed by atoms with Crippen LogP contribution >= 0.6 is 0 Å². The van der Waals surface area contributed by atoms with Gasteiger partial charge in [0.05, 0.1) is 17.4 Å². The molecular weight excluding hydrogens is 869 g/mol. The number of fused-ring (bicyclic) bond motifs is 11. The van der Waals surface area contributed by atoms with Gasteiger partial charge < -0.3 is 29.7 Å². The molecule has 10 aromatic heterocycles. The van der Waals surface area contributed by atoms with Gasteiger partial charge in [0.1, 0.15) is 18.1 Å². The van der Waals surface area contributed by atoms with Gasteiger partial charge in [-0.1, -0.05) is 35.5 Å². The summed E-state index contributed by atoms with van der Waals surface area (Å²) in [6.45, 7) is 0.909. The minimum absolute atomic E-state index is 0.274. The Kier molecular flexibility index (Phi) is 10.0. The Morgan fingerprint density at radius 3 is 1.47 bits per heavy atom. The van der Waals surface area contributed by atoms with Crippen molar-refractivity contribution in [3.05, 3.63) is 267 Å². The smallest absolute Gasteiger partial charge is 0.134 e. The fourth-order valence-corrected chi connectivity index (χ4v) is 9.76. The normalized spacial score (nSPS) is 12.6. The summed E-state index contributed by atoms with van der Waals surface area (Å²) in [6.07, 6.45) is 15.5. The van der Waals surface area contributed by atoms with Gasteiger partial charge in [-0.05, 0) is 131 Å². The van der Waals surface area contributed by atoms with Crippen molar-refractivity contribution in [2.45, 2.75) is 19.6 Å². The average molecular weight is 911 g/mol. The summed E-state index contributed by atoms with van der Waals surface area (Å²) >= 11 is 0. The molecule has 12 aromatic rings. The lowest BCUT2D eigenvalue weighted by molar-refractivity contribution is 0.301. The molecule has 5 N–H and O–H groups in total. The first kappa shape index (κ1) is 40.6. The van der Waals surface area contributed by atoms with Crippen LogP contribution in [0.3, 0.4) is 0 Å². The van der Waals surface area contributed by atoms with Gasteiger partial charge in [-0.2, -0.15) is 0 Å². The quantitative estimate of drug-likeness (QED) is 0.0991. The molecule has 13 heteroatoms. The molecule has 0 radical (unpaired) electrons. The van der Waals surface area contributed by atoms with E-state index in [0.717, 1.165) is 117 Å². The number of para-hydroxylation sites is 1. The Labute approximate surface area is 399 Å². The van der Waals surface area contributed by atoms with Crippen LogP contribution in [-0.4, -0.2) is 59.8 Å². The second kappa shape index (κ2) is 17.2. The van der Waals surface area contributed by atoms with Gasteiger partial charge in [0.2, 0.25) is 0 Å². The summed E-state index contributed by atoms with van der Waals surface area (Å²) in [5.74, 6) is 0.718. The van der Waals surface area contributed by atoms with Gasteiger partial charge in [-0.15, -0.1) is 5.10 Å². The van der Waals surface area contributed by atoms with E-state index in [1.807, 2.05) is 109 Å². The molecule has 11 heterocycles. The highest BCUT2D eigenvalue weighted by Gasteiger charge is 2.19. The first-order chi connectivity index (χ1) is 34.7. The van der Waals surface area contributed by atoms with Crippen LogP contribution in [0.2, 0.25) is 0 Å². The van der Waals surface area contributed by atoms with E-state index in [1.165, 1.54) is 10.8 Å². The number of ether oxygens (including phenoxy) is 1. The molecule has 0 fully saturated rings. The van der Waals surface area contributed by atoms with Crippen LogP contribution in [0.15, 0.2) is 189 Å². The lowest BCUT2D eigenvalue weighted by Crippen LogP contribution is -2.19. The molecule has 0 saturated heterocycles. The number of rotatable bonds is 10. The van der Waals surface area contributed by atoms with Crippen LogP contribution in [0.4, 0.5) is 0 Å². The number of aryl methyl sites for hydroxylation is 2. The molecule has 0 spiro atoms.